The van der Waals surface area contributed by atoms with Gasteiger partial charge < -0.3 is 10.2 Å². The summed E-state index contributed by atoms with van der Waals surface area (Å²) in [6.45, 7) is 1.63. The lowest BCUT2D eigenvalue weighted by atomic mass is 10.1. The zero-order valence-corrected chi connectivity index (χ0v) is 13.3. The monoisotopic (exact) mass is 326 g/mol. The Hall–Kier alpha value is -2.97. The third-order valence-electron chi connectivity index (χ3n) is 4.32. The van der Waals surface area contributed by atoms with E-state index < -0.39 is 0 Å². The van der Waals surface area contributed by atoms with Crippen LogP contribution in [0.5, 0.6) is 0 Å². The number of nitrogens with one attached hydrogen (secondary N) is 2. The first-order chi connectivity index (χ1) is 11.7. The van der Waals surface area contributed by atoms with E-state index in [1.807, 2.05) is 6.07 Å². The molecule has 2 N–H and O–H groups in total. The molecule has 1 aliphatic heterocycles. The lowest BCUT2D eigenvalue weighted by molar-refractivity contribution is 0.518. The van der Waals surface area contributed by atoms with Gasteiger partial charge in [0.1, 0.15) is 17.5 Å². The maximum Gasteiger partial charge on any atom is 0.263 e. The molecule has 0 saturated carbocycles. The summed E-state index contributed by atoms with van der Waals surface area (Å²) in [5, 5.41) is 8.03. The number of fused-ring (bicyclic) bond motifs is 1. The van der Waals surface area contributed by atoms with Crippen molar-refractivity contribution in [2.24, 2.45) is 7.05 Å². The van der Waals surface area contributed by atoms with Gasteiger partial charge in [-0.25, -0.2) is 9.97 Å². The Balaban J connectivity index is 1.48. The van der Waals surface area contributed by atoms with Crippen molar-refractivity contribution in [2.75, 3.05) is 23.3 Å². The molecule has 1 aliphatic rings. The maximum atomic E-state index is 12.2. The molecular weight excluding hydrogens is 308 g/mol. The van der Waals surface area contributed by atoms with Gasteiger partial charge in [-0.05, 0) is 18.9 Å². The number of aromatic amines is 1. The van der Waals surface area contributed by atoms with Gasteiger partial charge in [0, 0.05) is 32.4 Å². The van der Waals surface area contributed by atoms with Crippen molar-refractivity contribution in [3.8, 4) is 0 Å². The second-order valence-corrected chi connectivity index (χ2v) is 5.90. The number of H-pyrrole nitrogens is 1. The van der Waals surface area contributed by atoms with E-state index in [1.165, 1.54) is 6.33 Å². The summed E-state index contributed by atoms with van der Waals surface area (Å²) in [7, 11) is 1.79. The highest BCUT2D eigenvalue weighted by Gasteiger charge is 2.22. The minimum atomic E-state index is -0.149. The van der Waals surface area contributed by atoms with Crippen LogP contribution in [-0.2, 0) is 7.05 Å². The Morgan fingerprint density at radius 3 is 2.92 bits per heavy atom. The van der Waals surface area contributed by atoms with Crippen molar-refractivity contribution in [1.82, 2.24) is 29.7 Å². The minimum Gasteiger partial charge on any atom is -0.367 e. The van der Waals surface area contributed by atoms with Gasteiger partial charge in [-0.1, -0.05) is 0 Å². The summed E-state index contributed by atoms with van der Waals surface area (Å²) in [5.74, 6) is 1.45. The van der Waals surface area contributed by atoms with Crippen molar-refractivity contribution < 1.29 is 0 Å². The Morgan fingerprint density at radius 2 is 2.17 bits per heavy atom. The van der Waals surface area contributed by atoms with Crippen LogP contribution < -0.4 is 15.8 Å². The molecule has 9 heteroatoms. The van der Waals surface area contributed by atoms with Crippen LogP contribution in [0.2, 0.25) is 0 Å². The number of piperidine rings is 1. The third kappa shape index (κ3) is 2.68. The number of nitrogens with zero attached hydrogens (tertiary/aromatic N) is 6. The fraction of sp³-hybridized carbons (Fsp3) is 0.400. The van der Waals surface area contributed by atoms with Crippen LogP contribution in [0.25, 0.3) is 11.0 Å². The highest BCUT2D eigenvalue weighted by Crippen LogP contribution is 2.19. The van der Waals surface area contributed by atoms with E-state index in [-0.39, 0.29) is 5.56 Å². The Kier molecular flexibility index (Phi) is 3.60. The normalized spacial score (nSPS) is 15.8. The van der Waals surface area contributed by atoms with Gasteiger partial charge in [-0.3, -0.25) is 14.5 Å². The molecule has 0 amide bonds. The van der Waals surface area contributed by atoms with Crippen LogP contribution in [0.4, 0.5) is 11.8 Å². The molecule has 24 heavy (non-hydrogen) atoms. The quantitative estimate of drug-likeness (QED) is 0.723. The predicted octanol–water partition coefficient (Wildman–Crippen LogP) is 0.527. The van der Waals surface area contributed by atoms with Gasteiger partial charge in [-0.15, -0.1) is 0 Å². The first kappa shape index (κ1) is 14.6. The van der Waals surface area contributed by atoms with Crippen molar-refractivity contribution in [2.45, 2.75) is 18.9 Å². The van der Waals surface area contributed by atoms with E-state index in [4.69, 9.17) is 0 Å². The van der Waals surface area contributed by atoms with Crippen molar-refractivity contribution in [1.29, 1.82) is 0 Å². The molecule has 1 fully saturated rings. The van der Waals surface area contributed by atoms with Gasteiger partial charge in [-0.2, -0.15) is 10.1 Å². The van der Waals surface area contributed by atoms with Crippen LogP contribution in [0.1, 0.15) is 12.8 Å². The summed E-state index contributed by atoms with van der Waals surface area (Å²) in [6, 6.07) is 2.21. The number of hydrogen-bond acceptors (Lipinski definition) is 7. The van der Waals surface area contributed by atoms with Gasteiger partial charge >= 0.3 is 0 Å². The Morgan fingerprint density at radius 1 is 1.33 bits per heavy atom. The summed E-state index contributed by atoms with van der Waals surface area (Å²) < 4.78 is 1.62. The summed E-state index contributed by atoms with van der Waals surface area (Å²) in [4.78, 5) is 29.8. The van der Waals surface area contributed by atoms with Crippen LogP contribution >= 0.6 is 0 Å². The van der Waals surface area contributed by atoms with Crippen LogP contribution in [0, 0.1) is 0 Å². The number of rotatable bonds is 3. The molecule has 4 heterocycles. The molecule has 0 aromatic carbocycles. The maximum absolute atomic E-state index is 12.2. The molecule has 3 aromatic rings. The van der Waals surface area contributed by atoms with E-state index >= 15 is 0 Å². The van der Waals surface area contributed by atoms with Crippen molar-refractivity contribution in [3.05, 3.63) is 35.1 Å². The van der Waals surface area contributed by atoms with Crippen molar-refractivity contribution >= 4 is 22.8 Å². The van der Waals surface area contributed by atoms with E-state index in [0.29, 0.717) is 23.0 Å². The van der Waals surface area contributed by atoms with Crippen molar-refractivity contribution in [3.63, 3.8) is 0 Å². The molecule has 124 valence electrons. The zero-order valence-electron chi connectivity index (χ0n) is 13.3. The molecule has 9 nitrogen and oxygen atoms in total. The highest BCUT2D eigenvalue weighted by atomic mass is 16.1. The first-order valence-electron chi connectivity index (χ1n) is 7.90. The second kappa shape index (κ2) is 5.91. The molecule has 0 bridgehead atoms. The molecule has 0 unspecified atom stereocenters. The number of aromatic nitrogens is 6. The molecule has 0 atom stereocenters. The summed E-state index contributed by atoms with van der Waals surface area (Å²) in [6.07, 6.45) is 6.69. The van der Waals surface area contributed by atoms with Crippen LogP contribution in [0.3, 0.4) is 0 Å². The predicted molar refractivity (Wildman–Crippen MR) is 90.0 cm³/mol. The Bertz CT molecular complexity index is 895. The fourth-order valence-electron chi connectivity index (χ4n) is 2.99. The molecule has 0 spiro atoms. The summed E-state index contributed by atoms with van der Waals surface area (Å²) in [5.41, 5.74) is 0.458. The van der Waals surface area contributed by atoms with Crippen LogP contribution in [0.15, 0.2) is 29.6 Å². The lowest BCUT2D eigenvalue weighted by Gasteiger charge is -2.32. The first-order valence-corrected chi connectivity index (χ1v) is 7.90. The SMILES string of the molecule is Cn1ncc2c(=O)[nH]c(N3CCC(Nc4ccncn4)CC3)nc21. The molecule has 1 saturated heterocycles. The number of aryl methyl sites for hydroxylation is 1. The standard InChI is InChI=1S/C15H18N8O/c1-22-13-11(8-18-22)14(24)21-15(20-13)23-6-3-10(4-7-23)19-12-2-5-16-9-17-12/h2,5,8-10H,3-4,6-7H2,1H3,(H,16,17,19)(H,20,21,24). The second-order valence-electron chi connectivity index (χ2n) is 5.90. The number of hydrogen-bond donors (Lipinski definition) is 2. The molecule has 0 aliphatic carbocycles. The van der Waals surface area contributed by atoms with Crippen LogP contribution in [-0.4, -0.2) is 48.8 Å². The van der Waals surface area contributed by atoms with E-state index in [2.05, 4.69) is 35.3 Å². The highest BCUT2D eigenvalue weighted by molar-refractivity contribution is 5.74. The smallest absolute Gasteiger partial charge is 0.263 e. The topological polar surface area (TPSA) is 105 Å². The third-order valence-corrected chi connectivity index (χ3v) is 4.32. The number of anilines is 2. The lowest BCUT2D eigenvalue weighted by Crippen LogP contribution is -2.40. The average Bonchev–Trinajstić information content (AvgIpc) is 2.98. The molecule has 3 aromatic heterocycles. The average molecular weight is 326 g/mol. The molecular formula is C15H18N8O. The van der Waals surface area contributed by atoms with E-state index in [0.717, 1.165) is 31.7 Å². The van der Waals surface area contributed by atoms with Gasteiger partial charge in [0.05, 0.1) is 6.20 Å². The van der Waals surface area contributed by atoms with E-state index in [9.17, 15) is 4.79 Å². The molecule has 0 radical (unpaired) electrons. The largest absolute Gasteiger partial charge is 0.367 e. The fourth-order valence-corrected chi connectivity index (χ4v) is 2.99. The van der Waals surface area contributed by atoms with Gasteiger partial charge in [0.25, 0.3) is 5.56 Å². The minimum absolute atomic E-state index is 0.149. The van der Waals surface area contributed by atoms with Gasteiger partial charge in [0.15, 0.2) is 5.65 Å². The summed E-state index contributed by atoms with van der Waals surface area (Å²) >= 11 is 0. The zero-order chi connectivity index (χ0) is 16.5. The van der Waals surface area contributed by atoms with E-state index in [1.54, 1.807) is 24.1 Å². The van der Waals surface area contributed by atoms with Gasteiger partial charge in [0.2, 0.25) is 5.95 Å². The molecule has 4 rings (SSSR count). The Labute approximate surface area is 137 Å².